The molecule has 0 spiro atoms. The minimum absolute atomic E-state index is 0.0202. The highest BCUT2D eigenvalue weighted by molar-refractivity contribution is 5.99. The van der Waals surface area contributed by atoms with Crippen LogP contribution in [0.2, 0.25) is 0 Å². The number of aromatic nitrogens is 5. The summed E-state index contributed by atoms with van der Waals surface area (Å²) in [7, 11) is 0. The molecule has 0 unspecified atom stereocenters. The van der Waals surface area contributed by atoms with Crippen molar-refractivity contribution in [3.05, 3.63) is 53.7 Å². The van der Waals surface area contributed by atoms with Gasteiger partial charge in [0, 0.05) is 5.56 Å². The molecule has 5 rings (SSSR count). The van der Waals surface area contributed by atoms with E-state index in [4.69, 9.17) is 19.9 Å². The number of hydrazone groups is 1. The number of ether oxygens (including phenoxy) is 3. The lowest BCUT2D eigenvalue weighted by molar-refractivity contribution is 0.0950. The first-order valence-electron chi connectivity index (χ1n) is 10.6. The normalized spacial score (nSPS) is 12.3. The molecule has 1 amide bonds. The number of hydrogen-bond donors (Lipinski definition) is 2. The molecule has 2 aromatic heterocycles. The maximum Gasteiger partial charge on any atom is 0.294 e. The quantitative estimate of drug-likeness (QED) is 0.284. The summed E-state index contributed by atoms with van der Waals surface area (Å²) in [5.74, 6) is 1.32. The molecule has 3 heterocycles. The lowest BCUT2D eigenvalue weighted by Crippen LogP contribution is -2.19. The second-order valence-corrected chi connectivity index (χ2v) is 7.36. The molecule has 0 fully saturated rings. The minimum Gasteiger partial charge on any atom is -0.494 e. The molecule has 1 aliphatic heterocycles. The number of anilines is 1. The van der Waals surface area contributed by atoms with Gasteiger partial charge in [-0.2, -0.15) is 9.78 Å². The Hall–Kier alpha value is -4.94. The molecule has 35 heavy (non-hydrogen) atoms. The molecule has 0 radical (unpaired) electrons. The van der Waals surface area contributed by atoms with Crippen LogP contribution in [0, 0.1) is 0 Å². The van der Waals surface area contributed by atoms with Crippen molar-refractivity contribution in [1.82, 2.24) is 30.7 Å². The molecule has 0 saturated carbocycles. The number of nitrogens with two attached hydrogens (primary N) is 1. The molecule has 1 aliphatic rings. The average Bonchev–Trinajstić information content (AvgIpc) is 3.62. The molecule has 0 bridgehead atoms. The zero-order valence-electron chi connectivity index (χ0n) is 18.5. The standard InChI is InChI=1S/C22H20N8O5/c1-2-9-32-15-6-3-13(4-7-15)11-24-26-22(31)18-19(14-5-8-16-17(10-14)34-12-33-16)30(29-25-18)21-20(23)27-35-28-21/h3-8,10-11H,2,9,12H2,1H3,(H2,23,27)(H,26,31)/b24-11-. The largest absolute Gasteiger partial charge is 0.494 e. The number of benzene rings is 2. The number of nitrogen functional groups attached to an aromatic ring is 1. The van der Waals surface area contributed by atoms with E-state index in [1.165, 1.54) is 10.9 Å². The zero-order chi connectivity index (χ0) is 24.2. The van der Waals surface area contributed by atoms with E-state index >= 15 is 0 Å². The Morgan fingerprint density at radius 3 is 2.80 bits per heavy atom. The van der Waals surface area contributed by atoms with Gasteiger partial charge in [0.05, 0.1) is 12.8 Å². The Labute approximate surface area is 198 Å². The number of nitrogens with one attached hydrogen (secondary N) is 1. The highest BCUT2D eigenvalue weighted by atomic mass is 16.7. The van der Waals surface area contributed by atoms with Gasteiger partial charge in [-0.05, 0) is 64.8 Å². The summed E-state index contributed by atoms with van der Waals surface area (Å²) in [4.78, 5) is 13.0. The molecule has 2 aromatic carbocycles. The van der Waals surface area contributed by atoms with E-state index in [1.807, 2.05) is 31.2 Å². The van der Waals surface area contributed by atoms with Crippen LogP contribution in [0.4, 0.5) is 5.82 Å². The molecular weight excluding hydrogens is 456 g/mol. The van der Waals surface area contributed by atoms with Crippen LogP contribution in [-0.4, -0.2) is 50.8 Å². The molecule has 13 nitrogen and oxygen atoms in total. The van der Waals surface area contributed by atoms with E-state index in [-0.39, 0.29) is 29.8 Å². The molecule has 13 heteroatoms. The van der Waals surface area contributed by atoms with E-state index in [0.29, 0.717) is 23.7 Å². The van der Waals surface area contributed by atoms with Crippen molar-refractivity contribution in [2.75, 3.05) is 19.1 Å². The van der Waals surface area contributed by atoms with Crippen molar-refractivity contribution in [2.45, 2.75) is 13.3 Å². The summed E-state index contributed by atoms with van der Waals surface area (Å²) in [6.45, 7) is 2.79. The second kappa shape index (κ2) is 9.51. The summed E-state index contributed by atoms with van der Waals surface area (Å²) in [6, 6.07) is 12.5. The number of carbonyl (C=O) groups is 1. The van der Waals surface area contributed by atoms with Crippen LogP contribution in [0.1, 0.15) is 29.4 Å². The van der Waals surface area contributed by atoms with E-state index in [1.54, 1.807) is 18.2 Å². The molecule has 4 aromatic rings. The first kappa shape index (κ1) is 21.9. The Morgan fingerprint density at radius 1 is 1.20 bits per heavy atom. The zero-order valence-corrected chi connectivity index (χ0v) is 18.5. The van der Waals surface area contributed by atoms with Crippen molar-refractivity contribution in [3.8, 4) is 34.3 Å². The molecule has 0 atom stereocenters. The molecule has 178 valence electrons. The van der Waals surface area contributed by atoms with Gasteiger partial charge in [-0.1, -0.05) is 12.1 Å². The summed E-state index contributed by atoms with van der Waals surface area (Å²) in [5.41, 5.74) is 9.91. The Morgan fingerprint density at radius 2 is 2.03 bits per heavy atom. The van der Waals surface area contributed by atoms with Gasteiger partial charge in [-0.25, -0.2) is 10.1 Å². The molecular formula is C22H20N8O5. The summed E-state index contributed by atoms with van der Waals surface area (Å²) in [6.07, 6.45) is 2.43. The van der Waals surface area contributed by atoms with Crippen LogP contribution in [-0.2, 0) is 0 Å². The first-order valence-corrected chi connectivity index (χ1v) is 10.6. The molecule has 0 saturated heterocycles. The van der Waals surface area contributed by atoms with Crippen LogP contribution in [0.25, 0.3) is 17.1 Å². The Kier molecular flexibility index (Phi) is 5.94. The number of rotatable bonds is 8. The lowest BCUT2D eigenvalue weighted by Gasteiger charge is -2.07. The number of nitrogens with zero attached hydrogens (tertiary/aromatic N) is 6. The highest BCUT2D eigenvalue weighted by Gasteiger charge is 2.26. The van der Waals surface area contributed by atoms with Crippen molar-refractivity contribution in [1.29, 1.82) is 0 Å². The Balaban J connectivity index is 1.41. The minimum atomic E-state index is -0.599. The molecule has 3 N–H and O–H groups in total. The van der Waals surface area contributed by atoms with Gasteiger partial charge >= 0.3 is 0 Å². The van der Waals surface area contributed by atoms with Gasteiger partial charge in [0.1, 0.15) is 11.4 Å². The third-order valence-corrected chi connectivity index (χ3v) is 4.96. The van der Waals surface area contributed by atoms with Gasteiger partial charge in [-0.15, -0.1) is 5.10 Å². The van der Waals surface area contributed by atoms with Crippen molar-refractivity contribution in [3.63, 3.8) is 0 Å². The third kappa shape index (κ3) is 4.46. The van der Waals surface area contributed by atoms with Gasteiger partial charge in [0.15, 0.2) is 17.2 Å². The Bertz CT molecular complexity index is 1380. The second-order valence-electron chi connectivity index (χ2n) is 7.36. The smallest absolute Gasteiger partial charge is 0.294 e. The predicted molar refractivity (Wildman–Crippen MR) is 122 cm³/mol. The van der Waals surface area contributed by atoms with Crippen molar-refractivity contribution in [2.24, 2.45) is 5.10 Å². The van der Waals surface area contributed by atoms with Gasteiger partial charge in [0.2, 0.25) is 18.4 Å². The summed E-state index contributed by atoms with van der Waals surface area (Å²) < 4.78 is 22.3. The van der Waals surface area contributed by atoms with Crippen molar-refractivity contribution < 1.29 is 23.6 Å². The number of hydrogen-bond acceptors (Lipinski definition) is 11. The van der Waals surface area contributed by atoms with E-state index in [2.05, 4.69) is 35.8 Å². The van der Waals surface area contributed by atoms with Gasteiger partial charge < -0.3 is 19.9 Å². The summed E-state index contributed by atoms with van der Waals surface area (Å²) in [5, 5.41) is 19.4. The number of amides is 1. The fraction of sp³-hybridized carbons (Fsp3) is 0.182. The maximum atomic E-state index is 13.0. The predicted octanol–water partition coefficient (Wildman–Crippen LogP) is 2.18. The maximum absolute atomic E-state index is 13.0. The average molecular weight is 476 g/mol. The SMILES string of the molecule is CCCOc1ccc(/C=N\NC(=O)c2nnn(-c3nonc3N)c2-c2ccc3c(c2)OCO3)cc1. The summed E-state index contributed by atoms with van der Waals surface area (Å²) >= 11 is 0. The van der Waals surface area contributed by atoms with Crippen LogP contribution in [0.15, 0.2) is 52.2 Å². The topological polar surface area (TPSA) is 165 Å². The van der Waals surface area contributed by atoms with E-state index in [0.717, 1.165) is 17.7 Å². The van der Waals surface area contributed by atoms with Gasteiger partial charge in [0.25, 0.3) is 5.91 Å². The van der Waals surface area contributed by atoms with Crippen LogP contribution in [0.5, 0.6) is 17.2 Å². The van der Waals surface area contributed by atoms with Crippen LogP contribution >= 0.6 is 0 Å². The fourth-order valence-electron chi connectivity index (χ4n) is 3.31. The monoisotopic (exact) mass is 476 g/mol. The van der Waals surface area contributed by atoms with Crippen LogP contribution < -0.4 is 25.4 Å². The van der Waals surface area contributed by atoms with Gasteiger partial charge in [-0.3, -0.25) is 4.79 Å². The van der Waals surface area contributed by atoms with E-state index in [9.17, 15) is 4.79 Å². The highest BCUT2D eigenvalue weighted by Crippen LogP contribution is 2.37. The third-order valence-electron chi connectivity index (χ3n) is 4.96. The van der Waals surface area contributed by atoms with Crippen LogP contribution in [0.3, 0.4) is 0 Å². The van der Waals surface area contributed by atoms with Crippen molar-refractivity contribution >= 4 is 17.9 Å². The lowest BCUT2D eigenvalue weighted by atomic mass is 10.1. The molecule has 0 aliphatic carbocycles. The fourth-order valence-corrected chi connectivity index (χ4v) is 3.31. The first-order chi connectivity index (χ1) is 17.1. The number of fused-ring (bicyclic) bond motifs is 1. The number of carbonyl (C=O) groups excluding carboxylic acids is 1. The van der Waals surface area contributed by atoms with E-state index < -0.39 is 5.91 Å².